The zero-order valence-corrected chi connectivity index (χ0v) is 7.03. The molecule has 0 aromatic heterocycles. The van der Waals surface area contributed by atoms with Crippen LogP contribution in [0.1, 0.15) is 0 Å². The van der Waals surface area contributed by atoms with E-state index in [9.17, 15) is 0 Å². The summed E-state index contributed by atoms with van der Waals surface area (Å²) in [7, 11) is 0. The van der Waals surface area contributed by atoms with E-state index < -0.39 is 6.10 Å². The second-order valence-electron chi connectivity index (χ2n) is 2.20. The zero-order chi connectivity index (χ0) is 9.23. The van der Waals surface area contributed by atoms with Gasteiger partial charge in [-0.25, -0.2) is 0 Å². The highest BCUT2D eigenvalue weighted by atomic mass is 16.5. The summed E-state index contributed by atoms with van der Waals surface area (Å²) < 4.78 is 9.86. The standard InChI is InChI=1S/C9H14O3/c1-3-5-11-7-9(10)8-12-6-4-2/h1,4,9-10H,2,5-8H2. The topological polar surface area (TPSA) is 38.7 Å². The van der Waals surface area contributed by atoms with Crippen LogP contribution in [0.4, 0.5) is 0 Å². The highest BCUT2D eigenvalue weighted by Crippen LogP contribution is 1.87. The SMILES string of the molecule is C#CCOCC(O)COCC=C. The molecule has 0 bridgehead atoms. The van der Waals surface area contributed by atoms with Gasteiger partial charge in [-0.3, -0.25) is 0 Å². The number of aliphatic hydroxyl groups excluding tert-OH is 1. The highest BCUT2D eigenvalue weighted by molar-refractivity contribution is 4.82. The molecule has 12 heavy (non-hydrogen) atoms. The summed E-state index contributed by atoms with van der Waals surface area (Å²) in [5, 5.41) is 9.15. The third kappa shape index (κ3) is 7.29. The molecule has 0 amide bonds. The third-order valence-corrected chi connectivity index (χ3v) is 1.04. The van der Waals surface area contributed by atoms with Crippen LogP contribution in [0.3, 0.4) is 0 Å². The van der Waals surface area contributed by atoms with Gasteiger partial charge in [-0.1, -0.05) is 12.0 Å². The van der Waals surface area contributed by atoms with Crippen molar-refractivity contribution in [2.75, 3.05) is 26.4 Å². The molecule has 0 rings (SSSR count). The molecule has 1 unspecified atom stereocenters. The number of terminal acetylenes is 1. The van der Waals surface area contributed by atoms with Gasteiger partial charge in [0.05, 0.1) is 19.8 Å². The van der Waals surface area contributed by atoms with Crippen LogP contribution < -0.4 is 0 Å². The minimum absolute atomic E-state index is 0.210. The first-order chi connectivity index (χ1) is 5.81. The molecular formula is C9H14O3. The summed E-state index contributed by atoms with van der Waals surface area (Å²) in [6, 6.07) is 0. The van der Waals surface area contributed by atoms with Crippen molar-refractivity contribution in [3.05, 3.63) is 12.7 Å². The number of hydrogen-bond acceptors (Lipinski definition) is 3. The van der Waals surface area contributed by atoms with Gasteiger partial charge in [0.1, 0.15) is 12.7 Å². The van der Waals surface area contributed by atoms with Gasteiger partial charge in [0.15, 0.2) is 0 Å². The van der Waals surface area contributed by atoms with Crippen molar-refractivity contribution in [1.29, 1.82) is 0 Å². The Morgan fingerprint density at radius 2 is 2.17 bits per heavy atom. The quantitative estimate of drug-likeness (QED) is 0.337. The molecule has 0 aliphatic heterocycles. The van der Waals surface area contributed by atoms with Crippen molar-refractivity contribution in [3.8, 4) is 12.3 Å². The van der Waals surface area contributed by atoms with Crippen molar-refractivity contribution >= 4 is 0 Å². The molecule has 0 fully saturated rings. The first-order valence-corrected chi connectivity index (χ1v) is 3.69. The summed E-state index contributed by atoms with van der Waals surface area (Å²) in [6.45, 7) is 4.58. The largest absolute Gasteiger partial charge is 0.388 e. The monoisotopic (exact) mass is 170 g/mol. The van der Waals surface area contributed by atoms with E-state index in [0.29, 0.717) is 6.61 Å². The molecule has 1 N–H and O–H groups in total. The average molecular weight is 170 g/mol. The van der Waals surface area contributed by atoms with Gasteiger partial charge >= 0.3 is 0 Å². The summed E-state index contributed by atoms with van der Waals surface area (Å²) in [5.41, 5.74) is 0. The van der Waals surface area contributed by atoms with Crippen molar-refractivity contribution in [1.82, 2.24) is 0 Å². The van der Waals surface area contributed by atoms with Crippen LogP contribution in [0.25, 0.3) is 0 Å². The molecular weight excluding hydrogens is 156 g/mol. The highest BCUT2D eigenvalue weighted by Gasteiger charge is 2.02. The summed E-state index contributed by atoms with van der Waals surface area (Å²) in [5.74, 6) is 2.30. The molecule has 0 heterocycles. The molecule has 0 aliphatic carbocycles. The maximum absolute atomic E-state index is 9.15. The molecule has 0 spiro atoms. The van der Waals surface area contributed by atoms with E-state index in [1.807, 2.05) is 0 Å². The fraction of sp³-hybridized carbons (Fsp3) is 0.556. The lowest BCUT2D eigenvalue weighted by molar-refractivity contribution is -0.00543. The summed E-state index contributed by atoms with van der Waals surface area (Å²) in [4.78, 5) is 0. The van der Waals surface area contributed by atoms with E-state index in [4.69, 9.17) is 21.0 Å². The van der Waals surface area contributed by atoms with Crippen LogP contribution in [0.2, 0.25) is 0 Å². The fourth-order valence-corrected chi connectivity index (χ4v) is 0.589. The lowest BCUT2D eigenvalue weighted by Crippen LogP contribution is -2.21. The van der Waals surface area contributed by atoms with Crippen molar-refractivity contribution in [2.45, 2.75) is 6.10 Å². The number of ether oxygens (including phenoxy) is 2. The first kappa shape index (κ1) is 11.2. The van der Waals surface area contributed by atoms with Crippen LogP contribution in [-0.2, 0) is 9.47 Å². The van der Waals surface area contributed by atoms with Crippen LogP contribution in [-0.4, -0.2) is 37.6 Å². The van der Waals surface area contributed by atoms with E-state index >= 15 is 0 Å². The van der Waals surface area contributed by atoms with E-state index in [-0.39, 0.29) is 19.8 Å². The lowest BCUT2D eigenvalue weighted by Gasteiger charge is -2.09. The zero-order valence-electron chi connectivity index (χ0n) is 7.03. The Labute approximate surface area is 73.0 Å². The maximum atomic E-state index is 9.15. The molecule has 3 heteroatoms. The maximum Gasteiger partial charge on any atom is 0.107 e. The van der Waals surface area contributed by atoms with Crippen LogP contribution in [0.15, 0.2) is 12.7 Å². The van der Waals surface area contributed by atoms with Gasteiger partial charge in [-0.05, 0) is 0 Å². The van der Waals surface area contributed by atoms with Gasteiger partial charge in [0.2, 0.25) is 0 Å². The van der Waals surface area contributed by atoms with Gasteiger partial charge in [-0.2, -0.15) is 0 Å². The summed E-state index contributed by atoms with van der Waals surface area (Å²) in [6.07, 6.45) is 5.94. The predicted molar refractivity (Wildman–Crippen MR) is 46.7 cm³/mol. The number of aliphatic hydroxyl groups is 1. The first-order valence-electron chi connectivity index (χ1n) is 3.69. The third-order valence-electron chi connectivity index (χ3n) is 1.04. The molecule has 0 aliphatic rings. The Kier molecular flexibility index (Phi) is 7.71. The van der Waals surface area contributed by atoms with Crippen LogP contribution in [0.5, 0.6) is 0 Å². The van der Waals surface area contributed by atoms with E-state index in [0.717, 1.165) is 0 Å². The molecule has 3 nitrogen and oxygen atoms in total. The van der Waals surface area contributed by atoms with Crippen molar-refractivity contribution < 1.29 is 14.6 Å². The van der Waals surface area contributed by atoms with Gasteiger partial charge in [0.25, 0.3) is 0 Å². The Morgan fingerprint density at radius 3 is 2.75 bits per heavy atom. The predicted octanol–water partition coefficient (Wildman–Crippen LogP) is 0.200. The smallest absolute Gasteiger partial charge is 0.107 e. The van der Waals surface area contributed by atoms with Crippen molar-refractivity contribution in [2.24, 2.45) is 0 Å². The van der Waals surface area contributed by atoms with Gasteiger partial charge < -0.3 is 14.6 Å². The van der Waals surface area contributed by atoms with E-state index in [1.54, 1.807) is 6.08 Å². The average Bonchev–Trinajstić information content (AvgIpc) is 2.06. The molecule has 0 aromatic carbocycles. The Hall–Kier alpha value is -0.820. The van der Waals surface area contributed by atoms with Crippen molar-refractivity contribution in [3.63, 3.8) is 0 Å². The Morgan fingerprint density at radius 1 is 1.50 bits per heavy atom. The Bertz CT molecular complexity index is 148. The molecule has 1 atom stereocenters. The molecule has 0 saturated carbocycles. The fourth-order valence-electron chi connectivity index (χ4n) is 0.589. The Balaban J connectivity index is 3.16. The second kappa shape index (κ2) is 8.28. The van der Waals surface area contributed by atoms with Gasteiger partial charge in [-0.15, -0.1) is 13.0 Å². The number of rotatable bonds is 7. The lowest BCUT2D eigenvalue weighted by atomic mass is 10.4. The van der Waals surface area contributed by atoms with Gasteiger partial charge in [0, 0.05) is 0 Å². The normalized spacial score (nSPS) is 12.0. The minimum atomic E-state index is -0.613. The van der Waals surface area contributed by atoms with Crippen LogP contribution >= 0.6 is 0 Å². The molecule has 0 aromatic rings. The second-order valence-corrected chi connectivity index (χ2v) is 2.20. The van der Waals surface area contributed by atoms with E-state index in [2.05, 4.69) is 12.5 Å². The van der Waals surface area contributed by atoms with E-state index in [1.165, 1.54) is 0 Å². The van der Waals surface area contributed by atoms with Crippen LogP contribution in [0, 0.1) is 12.3 Å². The number of hydrogen-bond donors (Lipinski definition) is 1. The minimum Gasteiger partial charge on any atom is -0.388 e. The molecule has 0 saturated heterocycles. The molecule has 68 valence electrons. The summed E-state index contributed by atoms with van der Waals surface area (Å²) >= 11 is 0. The molecule has 0 radical (unpaired) electrons.